The third-order valence-corrected chi connectivity index (χ3v) is 5.01. The summed E-state index contributed by atoms with van der Waals surface area (Å²) in [5, 5.41) is 3.55. The zero-order chi connectivity index (χ0) is 22.8. The second kappa shape index (κ2) is 12.2. The fraction of sp³-hybridized carbons (Fsp3) is 0.417. The van der Waals surface area contributed by atoms with Gasteiger partial charge in [0.05, 0.1) is 7.11 Å². The summed E-state index contributed by atoms with van der Waals surface area (Å²) in [5.74, 6) is 0.877. The van der Waals surface area contributed by atoms with Crippen LogP contribution in [0, 0.1) is 5.92 Å². The van der Waals surface area contributed by atoms with Crippen molar-refractivity contribution in [3.8, 4) is 11.5 Å². The first-order chi connectivity index (χ1) is 14.8. The molecule has 0 saturated carbocycles. The lowest BCUT2D eigenvalue weighted by molar-refractivity contribution is -0.143. The molecular formula is C24H31ClN2O4. The highest BCUT2D eigenvalue weighted by molar-refractivity contribution is 6.30. The van der Waals surface area contributed by atoms with Crippen molar-refractivity contribution >= 4 is 23.4 Å². The van der Waals surface area contributed by atoms with Crippen LogP contribution in [0.1, 0.15) is 32.8 Å². The van der Waals surface area contributed by atoms with Crippen molar-refractivity contribution in [3.63, 3.8) is 0 Å². The Balaban J connectivity index is 2.20. The Bertz CT molecular complexity index is 855. The molecule has 2 aromatic rings. The Morgan fingerprint density at radius 2 is 1.71 bits per heavy atom. The molecule has 0 saturated heterocycles. The Labute approximate surface area is 189 Å². The number of para-hydroxylation sites is 2. The van der Waals surface area contributed by atoms with Crippen molar-refractivity contribution in [1.29, 1.82) is 0 Å². The quantitative estimate of drug-likeness (QED) is 0.558. The summed E-state index contributed by atoms with van der Waals surface area (Å²) < 4.78 is 11.0. The van der Waals surface area contributed by atoms with Crippen molar-refractivity contribution in [2.24, 2.45) is 5.92 Å². The number of nitrogens with one attached hydrogen (secondary N) is 1. The lowest BCUT2D eigenvalue weighted by atomic mass is 10.1. The van der Waals surface area contributed by atoms with Gasteiger partial charge in [-0.2, -0.15) is 0 Å². The summed E-state index contributed by atoms with van der Waals surface area (Å²) in [6.07, 6.45) is 0.484. The van der Waals surface area contributed by atoms with E-state index >= 15 is 0 Å². The van der Waals surface area contributed by atoms with E-state index in [1.54, 1.807) is 36.3 Å². The zero-order valence-electron chi connectivity index (χ0n) is 18.6. The molecule has 168 valence electrons. The second-order valence-electron chi connectivity index (χ2n) is 7.65. The maximum Gasteiger partial charge on any atom is 0.261 e. The molecule has 0 aliphatic carbocycles. The highest BCUT2D eigenvalue weighted by atomic mass is 35.5. The van der Waals surface area contributed by atoms with E-state index in [0.717, 1.165) is 5.56 Å². The third-order valence-electron chi connectivity index (χ3n) is 4.76. The Hall–Kier alpha value is -2.73. The molecule has 0 bridgehead atoms. The summed E-state index contributed by atoms with van der Waals surface area (Å²) in [4.78, 5) is 27.6. The third kappa shape index (κ3) is 7.47. The van der Waals surface area contributed by atoms with Crippen LogP contribution < -0.4 is 14.8 Å². The summed E-state index contributed by atoms with van der Waals surface area (Å²) in [5.41, 5.74) is 0.880. The maximum absolute atomic E-state index is 13.2. The molecule has 0 aliphatic rings. The topological polar surface area (TPSA) is 67.9 Å². The minimum atomic E-state index is -0.608. The van der Waals surface area contributed by atoms with Gasteiger partial charge in [-0.15, -0.1) is 0 Å². The molecule has 2 rings (SSSR count). The van der Waals surface area contributed by atoms with Gasteiger partial charge < -0.3 is 19.7 Å². The number of ether oxygens (including phenoxy) is 2. The highest BCUT2D eigenvalue weighted by Gasteiger charge is 2.29. The van der Waals surface area contributed by atoms with Gasteiger partial charge in [-0.3, -0.25) is 9.59 Å². The van der Waals surface area contributed by atoms with E-state index in [0.29, 0.717) is 35.4 Å². The van der Waals surface area contributed by atoms with Gasteiger partial charge in [0.15, 0.2) is 18.1 Å². The molecule has 0 fully saturated rings. The predicted molar refractivity (Wildman–Crippen MR) is 122 cm³/mol. The van der Waals surface area contributed by atoms with Crippen molar-refractivity contribution in [2.75, 3.05) is 20.3 Å². The molecule has 2 amide bonds. The van der Waals surface area contributed by atoms with Gasteiger partial charge in [-0.25, -0.2) is 0 Å². The van der Waals surface area contributed by atoms with Gasteiger partial charge in [-0.1, -0.05) is 56.6 Å². The van der Waals surface area contributed by atoms with Crippen LogP contribution in [0.3, 0.4) is 0 Å². The molecule has 2 aromatic carbocycles. The molecule has 31 heavy (non-hydrogen) atoms. The normalized spacial score (nSPS) is 11.7. The van der Waals surface area contributed by atoms with Gasteiger partial charge in [0.25, 0.3) is 5.91 Å². The van der Waals surface area contributed by atoms with Gasteiger partial charge in [0, 0.05) is 18.1 Å². The van der Waals surface area contributed by atoms with Crippen molar-refractivity contribution in [3.05, 3.63) is 59.1 Å². The number of rotatable bonds is 11. The summed E-state index contributed by atoms with van der Waals surface area (Å²) in [6.45, 7) is 6.57. The second-order valence-corrected chi connectivity index (χ2v) is 8.09. The van der Waals surface area contributed by atoms with Gasteiger partial charge in [-0.05, 0) is 42.2 Å². The number of methoxy groups -OCH3 is 1. The van der Waals surface area contributed by atoms with E-state index in [-0.39, 0.29) is 25.0 Å². The number of benzene rings is 2. The fourth-order valence-electron chi connectivity index (χ4n) is 3.09. The molecule has 1 atom stereocenters. The van der Waals surface area contributed by atoms with E-state index in [2.05, 4.69) is 5.32 Å². The van der Waals surface area contributed by atoms with Crippen LogP contribution in [0.25, 0.3) is 0 Å². The van der Waals surface area contributed by atoms with Crippen LogP contribution in [0.15, 0.2) is 48.5 Å². The summed E-state index contributed by atoms with van der Waals surface area (Å²) in [7, 11) is 1.54. The first-order valence-corrected chi connectivity index (χ1v) is 10.8. The van der Waals surface area contributed by atoms with Crippen molar-refractivity contribution in [1.82, 2.24) is 10.2 Å². The molecule has 0 unspecified atom stereocenters. The van der Waals surface area contributed by atoms with Crippen LogP contribution in [0.4, 0.5) is 0 Å². The predicted octanol–water partition coefficient (Wildman–Crippen LogP) is 4.31. The highest BCUT2D eigenvalue weighted by Crippen LogP contribution is 2.26. The smallest absolute Gasteiger partial charge is 0.261 e. The zero-order valence-corrected chi connectivity index (χ0v) is 19.3. The van der Waals surface area contributed by atoms with E-state index in [1.165, 1.54) is 0 Å². The van der Waals surface area contributed by atoms with E-state index in [4.69, 9.17) is 21.1 Å². The largest absolute Gasteiger partial charge is 0.493 e. The SMILES string of the molecule is CC[C@@H](C(=O)NCC(C)C)N(Cc1ccc(Cl)cc1)C(=O)COc1ccccc1OC. The Kier molecular flexibility index (Phi) is 9.66. The molecule has 7 heteroatoms. The lowest BCUT2D eigenvalue weighted by Gasteiger charge is -2.31. The van der Waals surface area contributed by atoms with Crippen LogP contribution in [-0.4, -0.2) is 43.0 Å². The number of nitrogens with zero attached hydrogens (tertiary/aromatic N) is 1. The minimum Gasteiger partial charge on any atom is -0.493 e. The van der Waals surface area contributed by atoms with Gasteiger partial charge >= 0.3 is 0 Å². The molecule has 1 N–H and O–H groups in total. The van der Waals surface area contributed by atoms with Crippen molar-refractivity contribution in [2.45, 2.75) is 39.8 Å². The number of hydrogen-bond acceptors (Lipinski definition) is 4. The van der Waals surface area contributed by atoms with Crippen LogP contribution >= 0.6 is 11.6 Å². The number of halogens is 1. The molecule has 0 spiro atoms. The Morgan fingerprint density at radius 3 is 2.29 bits per heavy atom. The maximum atomic E-state index is 13.2. The van der Waals surface area contributed by atoms with Crippen LogP contribution in [0.5, 0.6) is 11.5 Å². The average molecular weight is 447 g/mol. The molecule has 0 aromatic heterocycles. The Morgan fingerprint density at radius 1 is 1.06 bits per heavy atom. The standard InChI is InChI=1S/C24H31ClN2O4/c1-5-20(24(29)26-14-17(2)3)27(15-18-10-12-19(25)13-11-18)23(28)16-31-22-9-7-6-8-21(22)30-4/h6-13,17,20H,5,14-16H2,1-4H3,(H,26,29)/t20-/m0/s1. The number of carbonyl (C=O) groups is 2. The molecule has 0 radical (unpaired) electrons. The van der Waals surface area contributed by atoms with Gasteiger partial charge in [0.1, 0.15) is 6.04 Å². The number of carbonyl (C=O) groups excluding carboxylic acids is 2. The molecular weight excluding hydrogens is 416 g/mol. The van der Waals surface area contributed by atoms with Gasteiger partial charge in [0.2, 0.25) is 5.91 Å². The minimum absolute atomic E-state index is 0.171. The van der Waals surface area contributed by atoms with Crippen LogP contribution in [-0.2, 0) is 16.1 Å². The molecule has 6 nitrogen and oxygen atoms in total. The number of hydrogen-bond donors (Lipinski definition) is 1. The van der Waals surface area contributed by atoms with E-state index in [1.807, 2.05) is 45.0 Å². The molecule has 0 aliphatic heterocycles. The van der Waals surface area contributed by atoms with E-state index in [9.17, 15) is 9.59 Å². The first-order valence-electron chi connectivity index (χ1n) is 10.4. The van der Waals surface area contributed by atoms with Crippen LogP contribution in [0.2, 0.25) is 5.02 Å². The summed E-state index contributed by atoms with van der Waals surface area (Å²) in [6, 6.07) is 13.8. The monoisotopic (exact) mass is 446 g/mol. The lowest BCUT2D eigenvalue weighted by Crippen LogP contribution is -2.50. The fourth-order valence-corrected chi connectivity index (χ4v) is 3.21. The van der Waals surface area contributed by atoms with E-state index < -0.39 is 6.04 Å². The van der Waals surface area contributed by atoms with Crippen molar-refractivity contribution < 1.29 is 19.1 Å². The number of amides is 2. The average Bonchev–Trinajstić information content (AvgIpc) is 2.77. The first kappa shape index (κ1) is 24.5. The molecule has 0 heterocycles. The summed E-state index contributed by atoms with van der Waals surface area (Å²) >= 11 is 5.99.